The summed E-state index contributed by atoms with van der Waals surface area (Å²) < 4.78 is 2.37. The van der Waals surface area contributed by atoms with Crippen molar-refractivity contribution in [3.8, 4) is 0 Å². The third-order valence-corrected chi connectivity index (χ3v) is 6.28. The third kappa shape index (κ3) is 6.21. The van der Waals surface area contributed by atoms with E-state index in [-0.39, 0.29) is 11.3 Å². The molecule has 0 aliphatic carbocycles. The minimum atomic E-state index is -0.322. The van der Waals surface area contributed by atoms with E-state index < -0.39 is 0 Å². The number of benzene rings is 2. The van der Waals surface area contributed by atoms with Crippen LogP contribution in [0.2, 0.25) is 0 Å². The lowest BCUT2D eigenvalue weighted by Crippen LogP contribution is -2.35. The Kier molecular flexibility index (Phi) is 8.11. The number of para-hydroxylation sites is 2. The van der Waals surface area contributed by atoms with Crippen molar-refractivity contribution in [3.05, 3.63) is 65.5 Å². The van der Waals surface area contributed by atoms with Gasteiger partial charge in [0, 0.05) is 24.9 Å². The van der Waals surface area contributed by atoms with Gasteiger partial charge < -0.3 is 9.88 Å². The normalized spacial score (nSPS) is 12.8. The van der Waals surface area contributed by atoms with E-state index in [0.29, 0.717) is 5.92 Å². The van der Waals surface area contributed by atoms with Crippen LogP contribution in [0.15, 0.2) is 48.5 Å². The van der Waals surface area contributed by atoms with E-state index in [2.05, 4.69) is 72.3 Å². The van der Waals surface area contributed by atoms with Crippen LogP contribution in [-0.2, 0) is 17.8 Å². The molecule has 1 atom stereocenters. The topological polar surface area (TPSA) is 46.9 Å². The molecule has 0 aliphatic heterocycles. The Morgan fingerprint density at radius 3 is 2.44 bits per heavy atom. The molecule has 4 heteroatoms. The van der Waals surface area contributed by atoms with Crippen molar-refractivity contribution in [3.63, 3.8) is 0 Å². The van der Waals surface area contributed by atoms with Gasteiger partial charge in [0.25, 0.3) is 0 Å². The van der Waals surface area contributed by atoms with E-state index in [1.165, 1.54) is 16.6 Å². The molecule has 1 heterocycles. The monoisotopic (exact) mass is 433 g/mol. The number of fused-ring (bicyclic) bond motifs is 1. The molecule has 0 aliphatic rings. The molecule has 4 nitrogen and oxygen atoms in total. The number of amides is 1. The van der Waals surface area contributed by atoms with Gasteiger partial charge in [0.1, 0.15) is 5.82 Å². The van der Waals surface area contributed by atoms with Crippen LogP contribution < -0.4 is 5.32 Å². The van der Waals surface area contributed by atoms with E-state index >= 15 is 0 Å². The second kappa shape index (κ2) is 10.8. The van der Waals surface area contributed by atoms with E-state index in [9.17, 15) is 4.79 Å². The van der Waals surface area contributed by atoms with Crippen molar-refractivity contribution >= 4 is 16.9 Å². The summed E-state index contributed by atoms with van der Waals surface area (Å²) in [5.74, 6) is 1.87. The maximum atomic E-state index is 12.0. The van der Waals surface area contributed by atoms with Crippen molar-refractivity contribution in [2.75, 3.05) is 6.54 Å². The summed E-state index contributed by atoms with van der Waals surface area (Å²) in [6.07, 6.45) is 5.26. The summed E-state index contributed by atoms with van der Waals surface area (Å²) in [5, 5.41) is 3.04. The number of imidazole rings is 1. The molecule has 0 spiro atoms. The van der Waals surface area contributed by atoms with Crippen molar-refractivity contribution in [1.82, 2.24) is 14.9 Å². The SMILES string of the molecule is CCC(C)c1ccc(Cn2c(CCCCCNC(=O)C(C)(C)C)nc3ccccc32)cc1. The number of aryl methyl sites for hydroxylation is 1. The minimum Gasteiger partial charge on any atom is -0.356 e. The summed E-state index contributed by atoms with van der Waals surface area (Å²) in [6, 6.07) is 17.5. The molecule has 0 fully saturated rings. The Morgan fingerprint density at radius 1 is 1.03 bits per heavy atom. The zero-order chi connectivity index (χ0) is 23.1. The summed E-state index contributed by atoms with van der Waals surface area (Å²) in [7, 11) is 0. The Morgan fingerprint density at radius 2 is 1.75 bits per heavy atom. The van der Waals surface area contributed by atoms with E-state index in [4.69, 9.17) is 4.98 Å². The van der Waals surface area contributed by atoms with Crippen LogP contribution in [0.1, 0.15) is 83.2 Å². The molecule has 0 radical (unpaired) electrons. The summed E-state index contributed by atoms with van der Waals surface area (Å²) in [5.41, 5.74) is 4.66. The fourth-order valence-corrected chi connectivity index (χ4v) is 3.91. The van der Waals surface area contributed by atoms with Crippen LogP contribution in [0.3, 0.4) is 0 Å². The largest absolute Gasteiger partial charge is 0.356 e. The van der Waals surface area contributed by atoms with Crippen LogP contribution in [0.4, 0.5) is 0 Å². The third-order valence-electron chi connectivity index (χ3n) is 6.28. The second-order valence-corrected chi connectivity index (χ2v) is 9.97. The average molecular weight is 434 g/mol. The van der Waals surface area contributed by atoms with Gasteiger partial charge in [-0.05, 0) is 48.4 Å². The molecular weight excluding hydrogens is 394 g/mol. The van der Waals surface area contributed by atoms with Crippen LogP contribution in [0, 0.1) is 5.41 Å². The predicted octanol–water partition coefficient (Wildman–Crippen LogP) is 6.47. The maximum Gasteiger partial charge on any atom is 0.225 e. The number of nitrogens with one attached hydrogen (secondary N) is 1. The fourth-order valence-electron chi connectivity index (χ4n) is 3.91. The standard InChI is InChI=1S/C28H39N3O/c1-6-21(2)23-17-15-22(16-18-23)20-31-25-13-10-9-12-24(25)30-26(31)14-8-7-11-19-29-27(32)28(3,4)5/h9-10,12-13,15-18,21H,6-8,11,14,19-20H2,1-5H3,(H,29,32). The number of unbranched alkanes of at least 4 members (excludes halogenated alkanes) is 2. The van der Waals surface area contributed by atoms with Gasteiger partial charge in [-0.2, -0.15) is 0 Å². The van der Waals surface area contributed by atoms with Crippen LogP contribution in [0.5, 0.6) is 0 Å². The molecule has 3 rings (SSSR count). The summed E-state index contributed by atoms with van der Waals surface area (Å²) >= 11 is 0. The van der Waals surface area contributed by atoms with Crippen LogP contribution >= 0.6 is 0 Å². The first-order valence-electron chi connectivity index (χ1n) is 12.1. The summed E-state index contributed by atoms with van der Waals surface area (Å²) in [4.78, 5) is 16.9. The van der Waals surface area contributed by atoms with Gasteiger partial charge >= 0.3 is 0 Å². The molecule has 2 aromatic carbocycles. The van der Waals surface area contributed by atoms with Gasteiger partial charge in [-0.1, -0.05) is 77.4 Å². The minimum absolute atomic E-state index is 0.124. The summed E-state index contributed by atoms with van der Waals surface area (Å²) in [6.45, 7) is 12.0. The number of rotatable bonds is 10. The number of hydrogen-bond acceptors (Lipinski definition) is 2. The van der Waals surface area contributed by atoms with Crippen molar-refractivity contribution < 1.29 is 4.79 Å². The zero-order valence-corrected chi connectivity index (χ0v) is 20.4. The van der Waals surface area contributed by atoms with Gasteiger partial charge in [0.15, 0.2) is 0 Å². The first kappa shape index (κ1) is 24.0. The molecule has 1 N–H and O–H groups in total. The Bertz CT molecular complexity index is 1010. The fraction of sp³-hybridized carbons (Fsp3) is 0.500. The molecule has 1 aromatic heterocycles. The number of aromatic nitrogens is 2. The molecule has 0 bridgehead atoms. The number of carbonyl (C=O) groups is 1. The lowest BCUT2D eigenvalue weighted by molar-refractivity contribution is -0.128. The molecular formula is C28H39N3O. The number of nitrogens with zero attached hydrogens (tertiary/aromatic N) is 2. The molecule has 1 unspecified atom stereocenters. The highest BCUT2D eigenvalue weighted by atomic mass is 16.2. The van der Waals surface area contributed by atoms with Crippen molar-refractivity contribution in [1.29, 1.82) is 0 Å². The van der Waals surface area contributed by atoms with Crippen LogP contribution in [-0.4, -0.2) is 22.0 Å². The smallest absolute Gasteiger partial charge is 0.225 e. The zero-order valence-electron chi connectivity index (χ0n) is 20.4. The highest BCUT2D eigenvalue weighted by Gasteiger charge is 2.20. The predicted molar refractivity (Wildman–Crippen MR) is 134 cm³/mol. The Hall–Kier alpha value is -2.62. The molecule has 1 amide bonds. The van der Waals surface area contributed by atoms with E-state index in [0.717, 1.165) is 56.5 Å². The second-order valence-electron chi connectivity index (χ2n) is 9.97. The number of hydrogen-bond donors (Lipinski definition) is 1. The lowest BCUT2D eigenvalue weighted by Gasteiger charge is -2.17. The average Bonchev–Trinajstić information content (AvgIpc) is 3.12. The Labute approximate surface area is 193 Å². The first-order chi connectivity index (χ1) is 15.3. The van der Waals surface area contributed by atoms with Gasteiger partial charge in [0.05, 0.1) is 11.0 Å². The molecule has 0 saturated carbocycles. The van der Waals surface area contributed by atoms with Crippen LogP contribution in [0.25, 0.3) is 11.0 Å². The van der Waals surface area contributed by atoms with Gasteiger partial charge in [-0.3, -0.25) is 4.79 Å². The highest BCUT2D eigenvalue weighted by Crippen LogP contribution is 2.22. The Balaban J connectivity index is 1.62. The first-order valence-corrected chi connectivity index (χ1v) is 12.1. The maximum absolute atomic E-state index is 12.0. The number of carbonyl (C=O) groups excluding carboxylic acids is 1. The highest BCUT2D eigenvalue weighted by molar-refractivity contribution is 5.81. The lowest BCUT2D eigenvalue weighted by atomic mass is 9.96. The van der Waals surface area contributed by atoms with Crippen molar-refractivity contribution in [2.45, 2.75) is 79.2 Å². The molecule has 172 valence electrons. The quantitative estimate of drug-likeness (QED) is 0.372. The van der Waals surface area contributed by atoms with Gasteiger partial charge in [-0.25, -0.2) is 4.98 Å². The van der Waals surface area contributed by atoms with E-state index in [1.807, 2.05) is 20.8 Å². The van der Waals surface area contributed by atoms with Gasteiger partial charge in [-0.15, -0.1) is 0 Å². The molecule has 32 heavy (non-hydrogen) atoms. The molecule has 3 aromatic rings. The van der Waals surface area contributed by atoms with E-state index in [1.54, 1.807) is 0 Å². The molecule has 0 saturated heterocycles. The van der Waals surface area contributed by atoms with Crippen molar-refractivity contribution in [2.24, 2.45) is 5.41 Å². The van der Waals surface area contributed by atoms with Gasteiger partial charge in [0.2, 0.25) is 5.91 Å².